The Kier molecular flexibility index (Phi) is 7.08. The number of nitrogens with zero attached hydrogens (tertiary/aromatic N) is 1. The molecule has 1 saturated heterocycles. The van der Waals surface area contributed by atoms with E-state index >= 15 is 0 Å². The Labute approximate surface area is 194 Å². The van der Waals surface area contributed by atoms with E-state index < -0.39 is 10.0 Å². The highest BCUT2D eigenvalue weighted by Gasteiger charge is 2.33. The van der Waals surface area contributed by atoms with Crippen LogP contribution in [-0.2, 0) is 21.2 Å². The minimum absolute atomic E-state index is 0.0141. The SMILES string of the molecule is CCc1ccc(C(NC(=O)C2CCN(S(=O)(=O)c3ccccc3)CC2)c2cccs2)cc1. The molecule has 3 aromatic rings. The average Bonchev–Trinajstić information content (AvgIpc) is 3.38. The molecule has 7 heteroatoms. The van der Waals surface area contributed by atoms with Gasteiger partial charge < -0.3 is 5.32 Å². The molecule has 1 fully saturated rings. The molecule has 1 amide bonds. The summed E-state index contributed by atoms with van der Waals surface area (Å²) in [5.74, 6) is -0.214. The maximum Gasteiger partial charge on any atom is 0.243 e. The Balaban J connectivity index is 1.43. The highest BCUT2D eigenvalue weighted by molar-refractivity contribution is 7.89. The van der Waals surface area contributed by atoms with Crippen LogP contribution in [0.2, 0.25) is 0 Å². The fraction of sp³-hybridized carbons (Fsp3) is 0.320. The molecule has 0 spiro atoms. The summed E-state index contributed by atoms with van der Waals surface area (Å²) in [5, 5.41) is 5.25. The number of amides is 1. The minimum atomic E-state index is -3.52. The van der Waals surface area contributed by atoms with E-state index in [4.69, 9.17) is 0 Å². The second-order valence-corrected chi connectivity index (χ2v) is 11.0. The van der Waals surface area contributed by atoms with Gasteiger partial charge in [-0.2, -0.15) is 4.31 Å². The van der Waals surface area contributed by atoms with E-state index in [0.717, 1.165) is 16.9 Å². The molecule has 5 nitrogen and oxygen atoms in total. The van der Waals surface area contributed by atoms with Crippen LogP contribution in [0.25, 0.3) is 0 Å². The highest BCUT2D eigenvalue weighted by Crippen LogP contribution is 2.29. The summed E-state index contributed by atoms with van der Waals surface area (Å²) < 4.78 is 27.2. The lowest BCUT2D eigenvalue weighted by Crippen LogP contribution is -2.43. The largest absolute Gasteiger partial charge is 0.344 e. The van der Waals surface area contributed by atoms with E-state index in [-0.39, 0.29) is 17.9 Å². The normalized spacial score (nSPS) is 16.5. The third-order valence-electron chi connectivity index (χ3n) is 6.04. The van der Waals surface area contributed by atoms with Crippen LogP contribution in [0, 0.1) is 5.92 Å². The second kappa shape index (κ2) is 9.98. The first-order chi connectivity index (χ1) is 15.5. The maximum atomic E-state index is 13.2. The van der Waals surface area contributed by atoms with Gasteiger partial charge in [0.05, 0.1) is 10.9 Å². The van der Waals surface area contributed by atoms with Gasteiger partial charge in [-0.25, -0.2) is 8.42 Å². The molecule has 32 heavy (non-hydrogen) atoms. The van der Waals surface area contributed by atoms with E-state index in [1.807, 2.05) is 17.5 Å². The van der Waals surface area contributed by atoms with Gasteiger partial charge in [-0.15, -0.1) is 11.3 Å². The number of rotatable bonds is 7. The van der Waals surface area contributed by atoms with Crippen molar-refractivity contribution in [1.82, 2.24) is 9.62 Å². The van der Waals surface area contributed by atoms with E-state index in [9.17, 15) is 13.2 Å². The van der Waals surface area contributed by atoms with Crippen molar-refractivity contribution >= 4 is 27.3 Å². The summed E-state index contributed by atoms with van der Waals surface area (Å²) in [6, 6.07) is 20.7. The molecule has 0 bridgehead atoms. The van der Waals surface area contributed by atoms with Crippen molar-refractivity contribution in [2.24, 2.45) is 5.92 Å². The Morgan fingerprint density at radius 3 is 2.31 bits per heavy atom. The zero-order valence-corrected chi connectivity index (χ0v) is 19.7. The second-order valence-electron chi connectivity index (χ2n) is 8.04. The number of piperidine rings is 1. The van der Waals surface area contributed by atoms with E-state index in [1.165, 1.54) is 9.87 Å². The van der Waals surface area contributed by atoms with Gasteiger partial charge >= 0.3 is 0 Å². The average molecular weight is 469 g/mol. The van der Waals surface area contributed by atoms with Gasteiger partial charge in [0.1, 0.15) is 0 Å². The first kappa shape index (κ1) is 22.7. The molecular formula is C25H28N2O3S2. The number of aryl methyl sites for hydroxylation is 1. The molecule has 1 atom stereocenters. The predicted octanol–water partition coefficient (Wildman–Crippen LogP) is 4.62. The quantitative estimate of drug-likeness (QED) is 0.550. The first-order valence-electron chi connectivity index (χ1n) is 11.0. The summed E-state index contributed by atoms with van der Waals surface area (Å²) >= 11 is 1.62. The zero-order valence-electron chi connectivity index (χ0n) is 18.1. The number of hydrogen-bond donors (Lipinski definition) is 1. The Hall–Kier alpha value is -2.48. The number of carbonyl (C=O) groups is 1. The molecule has 1 unspecified atom stereocenters. The minimum Gasteiger partial charge on any atom is -0.344 e. The number of benzene rings is 2. The molecule has 1 aliphatic rings. The Morgan fingerprint density at radius 1 is 1.03 bits per heavy atom. The lowest BCUT2D eigenvalue weighted by atomic mass is 9.95. The summed E-state index contributed by atoms with van der Waals surface area (Å²) in [6.45, 7) is 2.83. The molecule has 0 saturated carbocycles. The Morgan fingerprint density at radius 2 is 1.72 bits per heavy atom. The van der Waals surface area contributed by atoms with Crippen molar-refractivity contribution in [3.63, 3.8) is 0 Å². The molecular weight excluding hydrogens is 440 g/mol. The Bertz CT molecular complexity index is 1120. The van der Waals surface area contributed by atoms with Gasteiger partial charge in [0.15, 0.2) is 0 Å². The molecule has 1 aliphatic heterocycles. The summed E-state index contributed by atoms with van der Waals surface area (Å²) in [6.07, 6.45) is 2.01. The number of thiophene rings is 1. The van der Waals surface area contributed by atoms with Crippen LogP contribution in [0.1, 0.15) is 41.8 Å². The topological polar surface area (TPSA) is 66.5 Å². The molecule has 0 radical (unpaired) electrons. The summed E-state index contributed by atoms with van der Waals surface area (Å²) in [7, 11) is -3.52. The van der Waals surface area contributed by atoms with Gasteiger partial charge in [0.25, 0.3) is 0 Å². The van der Waals surface area contributed by atoms with Gasteiger partial charge in [-0.05, 0) is 54.0 Å². The third-order valence-corrected chi connectivity index (χ3v) is 8.89. The number of hydrogen-bond acceptors (Lipinski definition) is 4. The van der Waals surface area contributed by atoms with Crippen molar-refractivity contribution < 1.29 is 13.2 Å². The van der Waals surface area contributed by atoms with Crippen LogP contribution in [0.5, 0.6) is 0 Å². The molecule has 2 heterocycles. The molecule has 1 aromatic heterocycles. The van der Waals surface area contributed by atoms with Crippen LogP contribution in [-0.4, -0.2) is 31.7 Å². The van der Waals surface area contributed by atoms with Gasteiger partial charge in [0, 0.05) is 23.9 Å². The smallest absolute Gasteiger partial charge is 0.243 e. The molecule has 168 valence electrons. The van der Waals surface area contributed by atoms with E-state index in [0.29, 0.717) is 30.8 Å². The van der Waals surface area contributed by atoms with Crippen molar-refractivity contribution in [2.75, 3.05) is 13.1 Å². The monoisotopic (exact) mass is 468 g/mol. The highest BCUT2D eigenvalue weighted by atomic mass is 32.2. The van der Waals surface area contributed by atoms with Crippen molar-refractivity contribution in [1.29, 1.82) is 0 Å². The number of nitrogens with one attached hydrogen (secondary N) is 1. The standard InChI is InChI=1S/C25H28N2O3S2/c1-2-19-10-12-20(13-11-19)24(23-9-6-18-31-23)26-25(28)21-14-16-27(17-15-21)32(29,30)22-7-4-3-5-8-22/h3-13,18,21,24H,2,14-17H2,1H3,(H,26,28). The fourth-order valence-electron chi connectivity index (χ4n) is 4.08. The van der Waals surface area contributed by atoms with Gasteiger partial charge in [-0.3, -0.25) is 4.79 Å². The summed E-state index contributed by atoms with van der Waals surface area (Å²) in [4.78, 5) is 14.5. The van der Waals surface area contributed by atoms with Crippen molar-refractivity contribution in [3.05, 3.63) is 88.1 Å². The molecule has 1 N–H and O–H groups in total. The maximum absolute atomic E-state index is 13.2. The predicted molar refractivity (Wildman–Crippen MR) is 128 cm³/mol. The van der Waals surface area contributed by atoms with Crippen molar-refractivity contribution in [3.8, 4) is 0 Å². The summed E-state index contributed by atoms with van der Waals surface area (Å²) in [5.41, 5.74) is 2.32. The zero-order chi connectivity index (χ0) is 22.6. The fourth-order valence-corrected chi connectivity index (χ4v) is 6.37. The lowest BCUT2D eigenvalue weighted by molar-refractivity contribution is -0.126. The lowest BCUT2D eigenvalue weighted by Gasteiger charge is -2.31. The van der Waals surface area contributed by atoms with Crippen LogP contribution in [0.4, 0.5) is 0 Å². The van der Waals surface area contributed by atoms with E-state index in [2.05, 4.69) is 36.5 Å². The van der Waals surface area contributed by atoms with Crippen LogP contribution < -0.4 is 5.32 Å². The van der Waals surface area contributed by atoms with Crippen molar-refractivity contribution in [2.45, 2.75) is 37.1 Å². The van der Waals surface area contributed by atoms with Crippen LogP contribution in [0.3, 0.4) is 0 Å². The van der Waals surface area contributed by atoms with Gasteiger partial charge in [0.2, 0.25) is 15.9 Å². The van der Waals surface area contributed by atoms with Crippen LogP contribution in [0.15, 0.2) is 77.0 Å². The third kappa shape index (κ3) is 4.95. The molecule has 4 rings (SSSR count). The van der Waals surface area contributed by atoms with Gasteiger partial charge in [-0.1, -0.05) is 55.5 Å². The number of sulfonamides is 1. The first-order valence-corrected chi connectivity index (χ1v) is 13.3. The van der Waals surface area contributed by atoms with E-state index in [1.54, 1.807) is 41.7 Å². The number of carbonyl (C=O) groups excluding carboxylic acids is 1. The van der Waals surface area contributed by atoms with Crippen LogP contribution >= 0.6 is 11.3 Å². The molecule has 0 aliphatic carbocycles. The molecule has 2 aromatic carbocycles.